The number of nitrogens with zero attached hydrogens (tertiary/aromatic N) is 2. The largest absolute Gasteiger partial charge is 0.444 e. The van der Waals surface area contributed by atoms with Gasteiger partial charge in [-0.15, -0.1) is 0 Å². The fraction of sp³-hybridized carbons (Fsp3) is 0.391. The third-order valence-corrected chi connectivity index (χ3v) is 5.13. The van der Waals surface area contributed by atoms with Crippen LogP contribution in [0.5, 0.6) is 0 Å². The van der Waals surface area contributed by atoms with E-state index in [1.807, 2.05) is 0 Å². The Kier molecular flexibility index (Phi) is 6.46. The minimum atomic E-state index is -1.19. The molecule has 0 radical (unpaired) electrons. The van der Waals surface area contributed by atoms with Crippen LogP contribution in [0.15, 0.2) is 47.5 Å². The van der Waals surface area contributed by atoms with Gasteiger partial charge in [0.05, 0.1) is 18.3 Å². The van der Waals surface area contributed by atoms with Gasteiger partial charge in [-0.05, 0) is 39.8 Å². The smallest absolute Gasteiger partial charge is 0.410 e. The van der Waals surface area contributed by atoms with Crippen LogP contribution >= 0.6 is 11.6 Å². The number of hydrogen-bond acceptors (Lipinski definition) is 3. The van der Waals surface area contributed by atoms with Crippen LogP contribution in [0.25, 0.3) is 11.1 Å². The summed E-state index contributed by atoms with van der Waals surface area (Å²) in [4.78, 5) is 18.2. The van der Waals surface area contributed by atoms with Gasteiger partial charge in [-0.2, -0.15) is 0 Å². The van der Waals surface area contributed by atoms with Crippen molar-refractivity contribution < 1.29 is 18.3 Å². The zero-order valence-corrected chi connectivity index (χ0v) is 18.2. The van der Waals surface area contributed by atoms with Gasteiger partial charge in [0.1, 0.15) is 11.8 Å². The Balaban J connectivity index is 1.92. The quantitative estimate of drug-likeness (QED) is 0.511. The van der Waals surface area contributed by atoms with E-state index in [9.17, 15) is 9.18 Å². The van der Waals surface area contributed by atoms with Crippen LogP contribution in [0.3, 0.4) is 0 Å². The second kappa shape index (κ2) is 8.72. The van der Waals surface area contributed by atoms with Crippen LogP contribution in [-0.2, 0) is 4.74 Å². The minimum absolute atomic E-state index is 0.0748. The Bertz CT molecular complexity index is 972. The number of carbonyl (C=O) groups excluding carboxylic acids is 1. The van der Waals surface area contributed by atoms with Gasteiger partial charge in [-0.3, -0.25) is 9.89 Å². The van der Waals surface area contributed by atoms with Crippen molar-refractivity contribution in [3.63, 3.8) is 0 Å². The molecular weight excluding hydrogens is 410 g/mol. The van der Waals surface area contributed by atoms with Gasteiger partial charge in [0.15, 0.2) is 5.82 Å². The van der Waals surface area contributed by atoms with Crippen molar-refractivity contribution in [1.82, 2.24) is 4.90 Å². The van der Waals surface area contributed by atoms with E-state index in [1.54, 1.807) is 70.2 Å². The lowest BCUT2D eigenvalue weighted by atomic mass is 10.0. The summed E-state index contributed by atoms with van der Waals surface area (Å²) in [7, 11) is 0. The van der Waals surface area contributed by atoms with Crippen LogP contribution < -0.4 is 0 Å². The van der Waals surface area contributed by atoms with Crippen molar-refractivity contribution in [1.29, 1.82) is 0 Å². The molecular formula is C23H25ClF2N2O2. The van der Waals surface area contributed by atoms with E-state index >= 15 is 4.39 Å². The highest BCUT2D eigenvalue weighted by Crippen LogP contribution is 2.34. The number of benzene rings is 2. The van der Waals surface area contributed by atoms with Crippen LogP contribution in [0.2, 0.25) is 5.02 Å². The first-order valence-electron chi connectivity index (χ1n) is 9.79. The summed E-state index contributed by atoms with van der Waals surface area (Å²) in [6.45, 7) is 6.84. The first kappa shape index (κ1) is 22.2. The number of aliphatic imine (C=N–C) groups is 1. The first-order chi connectivity index (χ1) is 14.1. The molecule has 0 bridgehead atoms. The van der Waals surface area contributed by atoms with Crippen molar-refractivity contribution in [3.8, 4) is 11.1 Å². The third-order valence-electron chi connectivity index (χ3n) is 4.80. The SMILES string of the molecule is CC(=Nc1cccc(-c2ccccc2Cl)c1F)[C@@H]1C[C@@H](F)CN1C(=O)OC(C)(C)C. The summed E-state index contributed by atoms with van der Waals surface area (Å²) in [5.41, 5.74) is 0.740. The van der Waals surface area contributed by atoms with Crippen LogP contribution in [-0.4, -0.2) is 41.1 Å². The highest BCUT2D eigenvalue weighted by atomic mass is 35.5. The molecule has 2 atom stereocenters. The molecule has 3 rings (SSSR count). The zero-order chi connectivity index (χ0) is 22.1. The predicted octanol–water partition coefficient (Wildman–Crippen LogP) is 6.59. The van der Waals surface area contributed by atoms with E-state index in [-0.39, 0.29) is 18.7 Å². The number of hydrogen-bond donors (Lipinski definition) is 0. The number of likely N-dealkylation sites (tertiary alicyclic amines) is 1. The summed E-state index contributed by atoms with van der Waals surface area (Å²) in [5, 5.41) is 0.432. The Labute approximate surface area is 180 Å². The molecule has 0 aliphatic carbocycles. The van der Waals surface area contributed by atoms with Gasteiger partial charge in [-0.25, -0.2) is 13.6 Å². The van der Waals surface area contributed by atoms with Crippen molar-refractivity contribution in [3.05, 3.63) is 53.3 Å². The molecule has 1 aliphatic rings. The van der Waals surface area contributed by atoms with Gasteiger partial charge in [0.2, 0.25) is 0 Å². The van der Waals surface area contributed by atoms with Gasteiger partial charge >= 0.3 is 6.09 Å². The molecule has 2 aromatic carbocycles. The number of ether oxygens (including phenoxy) is 1. The number of halogens is 3. The lowest BCUT2D eigenvalue weighted by Gasteiger charge is -2.28. The van der Waals surface area contributed by atoms with Crippen molar-refractivity contribution in [2.75, 3.05) is 6.54 Å². The molecule has 0 spiro atoms. The van der Waals surface area contributed by atoms with Crippen LogP contribution in [0.1, 0.15) is 34.1 Å². The summed E-state index contributed by atoms with van der Waals surface area (Å²) in [5.74, 6) is -0.524. The van der Waals surface area contributed by atoms with E-state index in [1.165, 1.54) is 4.90 Å². The normalized spacial score (nSPS) is 19.8. The topological polar surface area (TPSA) is 41.9 Å². The molecule has 1 amide bonds. The molecule has 2 aromatic rings. The van der Waals surface area contributed by atoms with E-state index in [2.05, 4.69) is 4.99 Å². The van der Waals surface area contributed by atoms with Crippen LogP contribution in [0.4, 0.5) is 19.3 Å². The maximum Gasteiger partial charge on any atom is 0.410 e. The number of rotatable bonds is 3. The molecule has 0 aromatic heterocycles. The molecule has 1 fully saturated rings. The van der Waals surface area contributed by atoms with E-state index in [4.69, 9.17) is 16.3 Å². The Morgan fingerprint density at radius 2 is 1.83 bits per heavy atom. The summed E-state index contributed by atoms with van der Waals surface area (Å²) in [6, 6.07) is 11.2. The molecule has 1 aliphatic heterocycles. The van der Waals surface area contributed by atoms with Gasteiger partial charge < -0.3 is 4.74 Å². The van der Waals surface area contributed by atoms with Crippen molar-refractivity contribution in [2.24, 2.45) is 4.99 Å². The Morgan fingerprint density at radius 1 is 1.17 bits per heavy atom. The molecule has 30 heavy (non-hydrogen) atoms. The summed E-state index contributed by atoms with van der Waals surface area (Å²) in [6.07, 6.45) is -1.69. The van der Waals surface area contributed by atoms with Crippen molar-refractivity contribution >= 4 is 29.1 Å². The molecule has 1 heterocycles. The number of carbonyl (C=O) groups is 1. The van der Waals surface area contributed by atoms with Gasteiger partial charge in [0, 0.05) is 28.3 Å². The molecule has 4 nitrogen and oxygen atoms in total. The fourth-order valence-corrected chi connectivity index (χ4v) is 3.70. The lowest BCUT2D eigenvalue weighted by molar-refractivity contribution is 0.0256. The van der Waals surface area contributed by atoms with E-state index in [0.717, 1.165) is 0 Å². The van der Waals surface area contributed by atoms with Gasteiger partial charge in [-0.1, -0.05) is 41.9 Å². The Hall–Kier alpha value is -2.47. The molecule has 1 saturated heterocycles. The van der Waals surface area contributed by atoms with Gasteiger partial charge in [0.25, 0.3) is 0 Å². The lowest BCUT2D eigenvalue weighted by Crippen LogP contribution is -2.42. The standard InChI is InChI=1S/C23H25ClF2N2O2/c1-14(20-12-15(25)13-28(20)22(29)30-23(2,3)4)27-19-11-7-9-17(21(19)26)16-8-5-6-10-18(16)24/h5-11,15,20H,12-13H2,1-4H3/t15-,20+/m1/s1. The van der Waals surface area contributed by atoms with E-state index < -0.39 is 29.7 Å². The number of alkyl halides is 1. The number of amides is 1. The third kappa shape index (κ3) is 4.98. The Morgan fingerprint density at radius 3 is 2.50 bits per heavy atom. The molecule has 160 valence electrons. The van der Waals surface area contributed by atoms with Crippen molar-refractivity contribution in [2.45, 2.75) is 51.9 Å². The second-order valence-electron chi connectivity index (χ2n) is 8.35. The minimum Gasteiger partial charge on any atom is -0.444 e. The first-order valence-corrected chi connectivity index (χ1v) is 10.2. The second-order valence-corrected chi connectivity index (χ2v) is 8.76. The highest BCUT2D eigenvalue weighted by molar-refractivity contribution is 6.33. The summed E-state index contributed by atoms with van der Waals surface area (Å²) < 4.78 is 34.7. The highest BCUT2D eigenvalue weighted by Gasteiger charge is 2.39. The molecule has 0 N–H and O–H groups in total. The van der Waals surface area contributed by atoms with E-state index in [0.29, 0.717) is 21.9 Å². The summed E-state index contributed by atoms with van der Waals surface area (Å²) >= 11 is 6.21. The maximum absolute atomic E-state index is 15.2. The zero-order valence-electron chi connectivity index (χ0n) is 17.5. The maximum atomic E-state index is 15.2. The molecule has 0 unspecified atom stereocenters. The molecule has 7 heteroatoms. The molecule has 0 saturated carbocycles. The fourth-order valence-electron chi connectivity index (χ4n) is 3.46. The monoisotopic (exact) mass is 434 g/mol. The predicted molar refractivity (Wildman–Crippen MR) is 116 cm³/mol. The van der Waals surface area contributed by atoms with Crippen LogP contribution in [0, 0.1) is 5.82 Å². The average molecular weight is 435 g/mol. The average Bonchev–Trinajstić information content (AvgIpc) is 3.05.